The highest BCUT2D eigenvalue weighted by atomic mass is 16.5. The molecule has 0 radical (unpaired) electrons. The SMILES string of the molecule is COc1ccc(N2C(=O)c3ccncc3C2=O)cc1N. The molecule has 20 heavy (non-hydrogen) atoms. The first kappa shape index (κ1) is 12.2. The first-order valence-corrected chi connectivity index (χ1v) is 5.90. The topological polar surface area (TPSA) is 85.5 Å². The fourth-order valence-electron chi connectivity index (χ4n) is 2.18. The van der Waals surface area contributed by atoms with Gasteiger partial charge in [-0.15, -0.1) is 0 Å². The van der Waals surface area contributed by atoms with Crippen LogP contribution in [-0.4, -0.2) is 23.9 Å². The summed E-state index contributed by atoms with van der Waals surface area (Å²) < 4.78 is 5.05. The number of anilines is 2. The smallest absolute Gasteiger partial charge is 0.267 e. The monoisotopic (exact) mass is 269 g/mol. The van der Waals surface area contributed by atoms with Crippen LogP contribution in [0.25, 0.3) is 0 Å². The third-order valence-electron chi connectivity index (χ3n) is 3.16. The van der Waals surface area contributed by atoms with Gasteiger partial charge in [0.25, 0.3) is 11.8 Å². The predicted octanol–water partition coefficient (Wildman–Crippen LogP) is 1.47. The van der Waals surface area contributed by atoms with Crippen molar-refractivity contribution in [3.63, 3.8) is 0 Å². The number of imide groups is 1. The second kappa shape index (κ2) is 4.34. The lowest BCUT2D eigenvalue weighted by atomic mass is 10.2. The maximum atomic E-state index is 12.3. The highest BCUT2D eigenvalue weighted by molar-refractivity contribution is 6.34. The van der Waals surface area contributed by atoms with Crippen LogP contribution in [0, 0.1) is 0 Å². The number of carbonyl (C=O) groups excluding carboxylic acids is 2. The number of amides is 2. The second-order valence-corrected chi connectivity index (χ2v) is 4.29. The molecule has 1 aliphatic rings. The lowest BCUT2D eigenvalue weighted by molar-refractivity contribution is 0.0926. The van der Waals surface area contributed by atoms with Gasteiger partial charge in [-0.2, -0.15) is 0 Å². The summed E-state index contributed by atoms with van der Waals surface area (Å²) in [5.74, 6) is -0.286. The number of ether oxygens (including phenoxy) is 1. The van der Waals surface area contributed by atoms with Crippen LogP contribution in [0.15, 0.2) is 36.7 Å². The normalized spacial score (nSPS) is 13.6. The van der Waals surface area contributed by atoms with Gasteiger partial charge in [0.2, 0.25) is 0 Å². The van der Waals surface area contributed by atoms with Gasteiger partial charge in [-0.25, -0.2) is 4.90 Å². The van der Waals surface area contributed by atoms with Crippen molar-refractivity contribution < 1.29 is 14.3 Å². The Morgan fingerprint density at radius 2 is 1.90 bits per heavy atom. The standard InChI is InChI=1S/C14H11N3O3/c1-20-12-3-2-8(6-11(12)15)17-13(18)9-4-5-16-7-10(9)14(17)19/h2-7H,15H2,1H3. The van der Waals surface area contributed by atoms with E-state index < -0.39 is 5.91 Å². The van der Waals surface area contributed by atoms with Crippen LogP contribution in [0.1, 0.15) is 20.7 Å². The van der Waals surface area contributed by atoms with Gasteiger partial charge in [0.15, 0.2) is 0 Å². The Hall–Kier alpha value is -2.89. The number of carbonyl (C=O) groups is 2. The molecule has 2 N–H and O–H groups in total. The minimum atomic E-state index is -0.400. The minimum absolute atomic E-state index is 0.298. The minimum Gasteiger partial charge on any atom is -0.495 e. The van der Waals surface area contributed by atoms with Crippen molar-refractivity contribution in [3.05, 3.63) is 47.8 Å². The average molecular weight is 269 g/mol. The van der Waals surface area contributed by atoms with Crippen LogP contribution in [-0.2, 0) is 0 Å². The molecule has 0 saturated heterocycles. The van der Waals surface area contributed by atoms with Gasteiger partial charge in [0.1, 0.15) is 5.75 Å². The molecule has 6 nitrogen and oxygen atoms in total. The molecule has 0 unspecified atom stereocenters. The number of benzene rings is 1. The van der Waals surface area contributed by atoms with Gasteiger partial charge in [0.05, 0.1) is 29.6 Å². The summed E-state index contributed by atoms with van der Waals surface area (Å²) in [6, 6.07) is 6.30. The first-order valence-electron chi connectivity index (χ1n) is 5.90. The molecule has 0 saturated carbocycles. The number of hydrogen-bond donors (Lipinski definition) is 1. The molecule has 6 heteroatoms. The van der Waals surface area contributed by atoms with Crippen LogP contribution in [0.4, 0.5) is 11.4 Å². The Kier molecular flexibility index (Phi) is 2.64. The second-order valence-electron chi connectivity index (χ2n) is 4.29. The van der Waals surface area contributed by atoms with Gasteiger partial charge in [0, 0.05) is 12.4 Å². The molecule has 2 heterocycles. The van der Waals surface area contributed by atoms with E-state index in [2.05, 4.69) is 4.98 Å². The van der Waals surface area contributed by atoms with Gasteiger partial charge in [-0.05, 0) is 24.3 Å². The van der Waals surface area contributed by atoms with Gasteiger partial charge in [-0.1, -0.05) is 0 Å². The highest BCUT2D eigenvalue weighted by Crippen LogP contribution is 2.32. The Morgan fingerprint density at radius 1 is 1.15 bits per heavy atom. The Bertz CT molecular complexity index is 692. The van der Waals surface area contributed by atoms with Crippen molar-refractivity contribution in [2.45, 2.75) is 0 Å². The van der Waals surface area contributed by atoms with E-state index in [4.69, 9.17) is 10.5 Å². The van der Waals surface area contributed by atoms with Crippen molar-refractivity contribution in [2.24, 2.45) is 0 Å². The third-order valence-corrected chi connectivity index (χ3v) is 3.16. The maximum absolute atomic E-state index is 12.3. The molecule has 0 bridgehead atoms. The Morgan fingerprint density at radius 3 is 2.55 bits per heavy atom. The molecule has 1 aromatic carbocycles. The fourth-order valence-corrected chi connectivity index (χ4v) is 2.18. The fraction of sp³-hybridized carbons (Fsp3) is 0.0714. The zero-order chi connectivity index (χ0) is 14.3. The van der Waals surface area contributed by atoms with E-state index in [1.54, 1.807) is 12.1 Å². The summed E-state index contributed by atoms with van der Waals surface area (Å²) in [6.07, 6.45) is 2.87. The molecule has 0 aliphatic carbocycles. The summed E-state index contributed by atoms with van der Waals surface area (Å²) in [5, 5.41) is 0. The Labute approximate surface area is 114 Å². The number of nitrogens with zero attached hydrogens (tertiary/aromatic N) is 2. The average Bonchev–Trinajstić information content (AvgIpc) is 2.71. The molecule has 1 aromatic heterocycles. The number of methoxy groups -OCH3 is 1. The van der Waals surface area contributed by atoms with E-state index in [-0.39, 0.29) is 5.91 Å². The number of rotatable bonds is 2. The third kappa shape index (κ3) is 1.62. The number of aromatic nitrogens is 1. The molecule has 0 fully saturated rings. The summed E-state index contributed by atoms with van der Waals surface area (Å²) in [5.41, 5.74) is 7.23. The zero-order valence-corrected chi connectivity index (χ0v) is 10.7. The maximum Gasteiger partial charge on any atom is 0.267 e. The van der Waals surface area contributed by atoms with Gasteiger partial charge >= 0.3 is 0 Å². The number of fused-ring (bicyclic) bond motifs is 1. The van der Waals surface area contributed by atoms with Gasteiger partial charge < -0.3 is 10.5 Å². The quantitative estimate of drug-likeness (QED) is 0.659. The molecular weight excluding hydrogens is 258 g/mol. The Balaban J connectivity index is 2.07. The van der Waals surface area contributed by atoms with E-state index >= 15 is 0 Å². The van der Waals surface area contributed by atoms with E-state index in [1.165, 1.54) is 31.6 Å². The molecule has 100 valence electrons. The van der Waals surface area contributed by atoms with Crippen molar-refractivity contribution >= 4 is 23.2 Å². The van der Waals surface area contributed by atoms with Crippen molar-refractivity contribution in [3.8, 4) is 5.75 Å². The molecule has 0 atom stereocenters. The van der Waals surface area contributed by atoms with Crippen LogP contribution in [0.2, 0.25) is 0 Å². The van der Waals surface area contributed by atoms with Crippen LogP contribution in [0.5, 0.6) is 5.75 Å². The van der Waals surface area contributed by atoms with Crippen molar-refractivity contribution in [2.75, 3.05) is 17.7 Å². The lowest BCUT2D eigenvalue weighted by Gasteiger charge is -2.15. The largest absolute Gasteiger partial charge is 0.495 e. The predicted molar refractivity (Wildman–Crippen MR) is 72.8 cm³/mol. The van der Waals surface area contributed by atoms with Crippen molar-refractivity contribution in [1.29, 1.82) is 0 Å². The molecule has 0 spiro atoms. The van der Waals surface area contributed by atoms with Crippen molar-refractivity contribution in [1.82, 2.24) is 4.98 Å². The van der Waals surface area contributed by atoms with E-state index in [0.29, 0.717) is 28.3 Å². The van der Waals surface area contributed by atoms with Gasteiger partial charge in [-0.3, -0.25) is 14.6 Å². The number of nitrogens with two attached hydrogens (primary N) is 1. The number of nitrogen functional groups attached to an aromatic ring is 1. The van der Waals surface area contributed by atoms with Crippen LogP contribution >= 0.6 is 0 Å². The molecule has 1 aliphatic heterocycles. The summed E-state index contributed by atoms with van der Waals surface area (Å²) in [6.45, 7) is 0. The summed E-state index contributed by atoms with van der Waals surface area (Å²) >= 11 is 0. The first-order chi connectivity index (χ1) is 9.63. The zero-order valence-electron chi connectivity index (χ0n) is 10.7. The van der Waals surface area contributed by atoms with Crippen LogP contribution in [0.3, 0.4) is 0 Å². The highest BCUT2D eigenvalue weighted by Gasteiger charge is 2.36. The van der Waals surface area contributed by atoms with E-state index in [1.807, 2.05) is 0 Å². The van der Waals surface area contributed by atoms with E-state index in [9.17, 15) is 9.59 Å². The molecular formula is C14H11N3O3. The molecule has 2 amide bonds. The lowest BCUT2D eigenvalue weighted by Crippen LogP contribution is -2.29. The summed E-state index contributed by atoms with van der Waals surface area (Å²) in [7, 11) is 1.50. The van der Waals surface area contributed by atoms with Crippen LogP contribution < -0.4 is 15.4 Å². The van der Waals surface area contributed by atoms with E-state index in [0.717, 1.165) is 4.90 Å². The summed E-state index contributed by atoms with van der Waals surface area (Å²) in [4.78, 5) is 29.5. The number of hydrogen-bond acceptors (Lipinski definition) is 5. The molecule has 3 rings (SSSR count). The molecule has 2 aromatic rings. The number of pyridine rings is 1.